The molecule has 19 heavy (non-hydrogen) atoms. The normalized spacial score (nSPS) is 21.1. The molecule has 0 aromatic carbocycles. The standard InChI is InChI=1S/C15H31N3O/c1-5-9-18-10-7-13(8-11-18)17(4)15(19)14(16)12(3)6-2/h12-14H,5-11,16H2,1-4H3. The van der Waals surface area contributed by atoms with Crippen molar-refractivity contribution in [3.63, 3.8) is 0 Å². The van der Waals surface area contributed by atoms with E-state index in [0.29, 0.717) is 6.04 Å². The molecule has 1 fully saturated rings. The molecule has 0 aliphatic carbocycles. The molecule has 1 rings (SSSR count). The summed E-state index contributed by atoms with van der Waals surface area (Å²) >= 11 is 0. The van der Waals surface area contributed by atoms with Crippen LogP contribution in [0.25, 0.3) is 0 Å². The molecule has 1 saturated heterocycles. The summed E-state index contributed by atoms with van der Waals surface area (Å²) in [5.41, 5.74) is 6.05. The Labute approximate surface area is 118 Å². The summed E-state index contributed by atoms with van der Waals surface area (Å²) in [4.78, 5) is 16.7. The molecule has 1 amide bonds. The zero-order chi connectivity index (χ0) is 14.4. The highest BCUT2D eigenvalue weighted by atomic mass is 16.2. The van der Waals surface area contributed by atoms with E-state index in [-0.39, 0.29) is 17.9 Å². The summed E-state index contributed by atoms with van der Waals surface area (Å²) in [5, 5.41) is 0. The Balaban J connectivity index is 2.46. The third-order valence-electron chi connectivity index (χ3n) is 4.53. The smallest absolute Gasteiger partial charge is 0.239 e. The van der Waals surface area contributed by atoms with E-state index in [1.165, 1.54) is 13.0 Å². The van der Waals surface area contributed by atoms with Crippen LogP contribution in [0.3, 0.4) is 0 Å². The van der Waals surface area contributed by atoms with E-state index in [4.69, 9.17) is 5.73 Å². The molecule has 2 atom stereocenters. The minimum atomic E-state index is -0.344. The highest BCUT2D eigenvalue weighted by Crippen LogP contribution is 2.18. The van der Waals surface area contributed by atoms with Crippen molar-refractivity contribution in [3.8, 4) is 0 Å². The number of rotatable bonds is 6. The van der Waals surface area contributed by atoms with Gasteiger partial charge in [-0.15, -0.1) is 0 Å². The maximum absolute atomic E-state index is 12.3. The number of nitrogens with two attached hydrogens (primary N) is 1. The maximum Gasteiger partial charge on any atom is 0.239 e. The van der Waals surface area contributed by atoms with Gasteiger partial charge in [0.05, 0.1) is 6.04 Å². The fourth-order valence-corrected chi connectivity index (χ4v) is 2.76. The lowest BCUT2D eigenvalue weighted by atomic mass is 9.97. The number of amides is 1. The second-order valence-electron chi connectivity index (χ2n) is 5.93. The van der Waals surface area contributed by atoms with Gasteiger partial charge in [-0.25, -0.2) is 0 Å². The van der Waals surface area contributed by atoms with Gasteiger partial charge >= 0.3 is 0 Å². The van der Waals surface area contributed by atoms with Gasteiger partial charge < -0.3 is 15.5 Å². The van der Waals surface area contributed by atoms with E-state index in [9.17, 15) is 4.79 Å². The molecule has 1 aliphatic heterocycles. The Morgan fingerprint density at radius 2 is 1.95 bits per heavy atom. The molecule has 112 valence electrons. The highest BCUT2D eigenvalue weighted by Gasteiger charge is 2.29. The summed E-state index contributed by atoms with van der Waals surface area (Å²) in [6.07, 6.45) is 4.32. The Morgan fingerprint density at radius 3 is 2.42 bits per heavy atom. The zero-order valence-corrected chi connectivity index (χ0v) is 13.1. The second-order valence-corrected chi connectivity index (χ2v) is 5.93. The van der Waals surface area contributed by atoms with Crippen LogP contribution in [-0.4, -0.2) is 54.5 Å². The second kappa shape index (κ2) is 7.85. The van der Waals surface area contributed by atoms with Gasteiger partial charge in [-0.1, -0.05) is 27.2 Å². The van der Waals surface area contributed by atoms with Crippen LogP contribution < -0.4 is 5.73 Å². The third kappa shape index (κ3) is 4.46. The van der Waals surface area contributed by atoms with E-state index in [0.717, 1.165) is 32.4 Å². The number of nitrogens with zero attached hydrogens (tertiary/aromatic N) is 2. The van der Waals surface area contributed by atoms with Crippen molar-refractivity contribution in [2.24, 2.45) is 11.7 Å². The molecular weight excluding hydrogens is 238 g/mol. The van der Waals surface area contributed by atoms with Gasteiger partial charge in [0.1, 0.15) is 0 Å². The van der Waals surface area contributed by atoms with Crippen LogP contribution in [0.15, 0.2) is 0 Å². The zero-order valence-electron chi connectivity index (χ0n) is 13.1. The first-order valence-corrected chi connectivity index (χ1v) is 7.75. The van der Waals surface area contributed by atoms with Crippen LogP contribution in [0.5, 0.6) is 0 Å². The number of piperidine rings is 1. The molecular formula is C15H31N3O. The molecule has 0 saturated carbocycles. The molecule has 2 N–H and O–H groups in total. The van der Waals surface area contributed by atoms with Gasteiger partial charge in [0.25, 0.3) is 0 Å². The molecule has 1 heterocycles. The minimum Gasteiger partial charge on any atom is -0.341 e. The Bertz CT molecular complexity index is 275. The van der Waals surface area contributed by atoms with Crippen molar-refractivity contribution in [1.82, 2.24) is 9.80 Å². The Morgan fingerprint density at radius 1 is 1.37 bits per heavy atom. The monoisotopic (exact) mass is 269 g/mol. The van der Waals surface area contributed by atoms with Gasteiger partial charge in [-0.2, -0.15) is 0 Å². The predicted octanol–water partition coefficient (Wildman–Crippen LogP) is 1.69. The lowest BCUT2D eigenvalue weighted by Gasteiger charge is -2.38. The van der Waals surface area contributed by atoms with Gasteiger partial charge in [0, 0.05) is 26.2 Å². The van der Waals surface area contributed by atoms with Crippen molar-refractivity contribution < 1.29 is 4.79 Å². The van der Waals surface area contributed by atoms with Crippen LogP contribution in [-0.2, 0) is 4.79 Å². The van der Waals surface area contributed by atoms with Gasteiger partial charge in [-0.05, 0) is 31.7 Å². The van der Waals surface area contributed by atoms with Crippen LogP contribution >= 0.6 is 0 Å². The number of hydrogen-bond acceptors (Lipinski definition) is 3. The summed E-state index contributed by atoms with van der Waals surface area (Å²) < 4.78 is 0. The number of likely N-dealkylation sites (tertiary alicyclic amines) is 1. The average Bonchev–Trinajstić information content (AvgIpc) is 2.45. The fourth-order valence-electron chi connectivity index (χ4n) is 2.76. The van der Waals surface area contributed by atoms with Gasteiger partial charge in [-0.3, -0.25) is 4.79 Å². The van der Waals surface area contributed by atoms with E-state index < -0.39 is 0 Å². The predicted molar refractivity (Wildman–Crippen MR) is 80.0 cm³/mol. The third-order valence-corrected chi connectivity index (χ3v) is 4.53. The summed E-state index contributed by atoms with van der Waals surface area (Å²) in [5.74, 6) is 0.374. The topological polar surface area (TPSA) is 49.6 Å². The highest BCUT2D eigenvalue weighted by molar-refractivity contribution is 5.82. The first-order valence-electron chi connectivity index (χ1n) is 7.75. The molecule has 0 radical (unpaired) electrons. The molecule has 0 aromatic heterocycles. The lowest BCUT2D eigenvalue weighted by Crippen LogP contribution is -2.52. The van der Waals surface area contributed by atoms with E-state index >= 15 is 0 Å². The van der Waals surface area contributed by atoms with Crippen LogP contribution in [0, 0.1) is 5.92 Å². The van der Waals surface area contributed by atoms with Gasteiger partial charge in [0.15, 0.2) is 0 Å². The fraction of sp³-hybridized carbons (Fsp3) is 0.933. The van der Waals surface area contributed by atoms with Crippen molar-refractivity contribution in [1.29, 1.82) is 0 Å². The SMILES string of the molecule is CCCN1CCC(N(C)C(=O)C(N)C(C)CC)CC1. The van der Waals surface area contributed by atoms with Crippen LogP contribution in [0.2, 0.25) is 0 Å². The van der Waals surface area contributed by atoms with Crippen LogP contribution in [0.1, 0.15) is 46.5 Å². The number of carbonyl (C=O) groups excluding carboxylic acids is 1. The molecule has 4 nitrogen and oxygen atoms in total. The molecule has 0 aromatic rings. The lowest BCUT2D eigenvalue weighted by molar-refractivity contribution is -0.135. The first kappa shape index (κ1) is 16.4. The summed E-state index contributed by atoms with van der Waals surface area (Å²) in [6, 6.07) is 0.0272. The molecule has 0 bridgehead atoms. The van der Waals surface area contributed by atoms with E-state index in [2.05, 4.69) is 25.7 Å². The van der Waals surface area contributed by atoms with Crippen molar-refractivity contribution in [2.75, 3.05) is 26.7 Å². The van der Waals surface area contributed by atoms with Crippen molar-refractivity contribution in [3.05, 3.63) is 0 Å². The summed E-state index contributed by atoms with van der Waals surface area (Å²) in [6.45, 7) is 9.74. The van der Waals surface area contributed by atoms with E-state index in [1.807, 2.05) is 11.9 Å². The average molecular weight is 269 g/mol. The number of likely N-dealkylation sites (N-methyl/N-ethyl adjacent to an activating group) is 1. The van der Waals surface area contributed by atoms with E-state index in [1.54, 1.807) is 0 Å². The Kier molecular flexibility index (Phi) is 6.80. The van der Waals surface area contributed by atoms with Crippen molar-refractivity contribution >= 4 is 5.91 Å². The van der Waals surface area contributed by atoms with Crippen molar-refractivity contribution in [2.45, 2.75) is 58.5 Å². The number of hydrogen-bond donors (Lipinski definition) is 1. The Hall–Kier alpha value is -0.610. The quantitative estimate of drug-likeness (QED) is 0.798. The van der Waals surface area contributed by atoms with Crippen LogP contribution in [0.4, 0.5) is 0 Å². The maximum atomic E-state index is 12.3. The summed E-state index contributed by atoms with van der Waals surface area (Å²) in [7, 11) is 1.92. The molecule has 4 heteroatoms. The van der Waals surface area contributed by atoms with Gasteiger partial charge in [0.2, 0.25) is 5.91 Å². The molecule has 2 unspecified atom stereocenters. The minimum absolute atomic E-state index is 0.114. The first-order chi connectivity index (χ1) is 9.01. The number of carbonyl (C=O) groups is 1. The molecule has 1 aliphatic rings. The molecule has 0 spiro atoms. The largest absolute Gasteiger partial charge is 0.341 e.